The fraction of sp³-hybridized carbons (Fsp3) is 0.333. The smallest absolute Gasteiger partial charge is 0.267 e. The van der Waals surface area contributed by atoms with Gasteiger partial charge in [-0.05, 0) is 30.2 Å². The van der Waals surface area contributed by atoms with Gasteiger partial charge in [0, 0.05) is 12.1 Å². The molecule has 0 spiro atoms. The van der Waals surface area contributed by atoms with Crippen LogP contribution in [0.15, 0.2) is 35.3 Å². The predicted molar refractivity (Wildman–Crippen MR) is 79.7 cm³/mol. The molecule has 2 aromatic rings. The van der Waals surface area contributed by atoms with Crippen LogP contribution in [0.5, 0.6) is 11.5 Å². The number of aromatic nitrogens is 2. The van der Waals surface area contributed by atoms with Gasteiger partial charge in [-0.3, -0.25) is 4.79 Å². The Morgan fingerprint density at radius 2 is 1.95 bits per heavy atom. The molecule has 1 unspecified atom stereocenters. The number of nitrogens with zero attached hydrogens (tertiary/aromatic N) is 2. The summed E-state index contributed by atoms with van der Waals surface area (Å²) in [6.45, 7) is 2.13. The molecule has 0 saturated heterocycles. The van der Waals surface area contributed by atoms with E-state index in [1.165, 1.54) is 10.7 Å². The molecule has 2 rings (SSSR count). The van der Waals surface area contributed by atoms with Crippen molar-refractivity contribution in [2.45, 2.75) is 19.5 Å². The molecule has 0 aliphatic heterocycles. The molecule has 21 heavy (non-hydrogen) atoms. The summed E-state index contributed by atoms with van der Waals surface area (Å²) >= 11 is 0. The summed E-state index contributed by atoms with van der Waals surface area (Å²) in [6.07, 6.45) is 1.64. The van der Waals surface area contributed by atoms with Crippen LogP contribution in [0.2, 0.25) is 0 Å². The highest BCUT2D eigenvalue weighted by Gasteiger charge is 2.12. The quantitative estimate of drug-likeness (QED) is 0.896. The summed E-state index contributed by atoms with van der Waals surface area (Å²) in [7, 11) is 3.15. The molecule has 1 atom stereocenters. The Balaban J connectivity index is 2.24. The normalized spacial score (nSPS) is 12.0. The zero-order valence-corrected chi connectivity index (χ0v) is 12.4. The summed E-state index contributed by atoms with van der Waals surface area (Å²) in [5.41, 5.74) is 7.67. The molecule has 6 nitrogen and oxygen atoms in total. The molecule has 0 aliphatic rings. The van der Waals surface area contributed by atoms with Gasteiger partial charge in [-0.2, -0.15) is 5.10 Å². The lowest BCUT2D eigenvalue weighted by molar-refractivity contribution is 0.354. The van der Waals surface area contributed by atoms with Crippen molar-refractivity contribution in [2.24, 2.45) is 5.73 Å². The summed E-state index contributed by atoms with van der Waals surface area (Å²) < 4.78 is 11.8. The summed E-state index contributed by atoms with van der Waals surface area (Å²) in [4.78, 5) is 11.8. The third-order valence-corrected chi connectivity index (χ3v) is 3.21. The van der Waals surface area contributed by atoms with Crippen molar-refractivity contribution in [3.63, 3.8) is 0 Å². The van der Waals surface area contributed by atoms with Gasteiger partial charge in [0.25, 0.3) is 5.56 Å². The molecule has 0 aliphatic carbocycles. The average molecular weight is 289 g/mol. The second-order valence-electron chi connectivity index (χ2n) is 4.77. The van der Waals surface area contributed by atoms with E-state index >= 15 is 0 Å². The molecule has 0 saturated carbocycles. The van der Waals surface area contributed by atoms with Gasteiger partial charge in [-0.1, -0.05) is 6.07 Å². The maximum atomic E-state index is 11.8. The van der Waals surface area contributed by atoms with Crippen LogP contribution in [0.1, 0.15) is 17.2 Å². The number of hydrogen-bond donors (Lipinski definition) is 1. The van der Waals surface area contributed by atoms with E-state index in [0.29, 0.717) is 18.0 Å². The lowest BCUT2D eigenvalue weighted by Gasteiger charge is -2.15. The third-order valence-electron chi connectivity index (χ3n) is 3.21. The van der Waals surface area contributed by atoms with E-state index in [9.17, 15) is 4.79 Å². The van der Waals surface area contributed by atoms with E-state index in [1.54, 1.807) is 26.5 Å². The molecular weight excluding hydrogens is 270 g/mol. The largest absolute Gasteiger partial charge is 0.493 e. The molecule has 112 valence electrons. The van der Waals surface area contributed by atoms with Gasteiger partial charge in [-0.25, -0.2) is 4.68 Å². The van der Waals surface area contributed by atoms with E-state index in [1.807, 2.05) is 19.1 Å². The summed E-state index contributed by atoms with van der Waals surface area (Å²) in [6, 6.07) is 6.62. The Morgan fingerprint density at radius 3 is 2.57 bits per heavy atom. The van der Waals surface area contributed by atoms with Crippen LogP contribution >= 0.6 is 0 Å². The third kappa shape index (κ3) is 3.41. The highest BCUT2D eigenvalue weighted by atomic mass is 16.5. The van der Waals surface area contributed by atoms with Crippen molar-refractivity contribution >= 4 is 0 Å². The molecule has 1 heterocycles. The first-order chi connectivity index (χ1) is 10.0. The molecular formula is C15H19N3O3. The van der Waals surface area contributed by atoms with Crippen molar-refractivity contribution < 1.29 is 9.47 Å². The Kier molecular flexibility index (Phi) is 4.59. The number of methoxy groups -OCH3 is 2. The molecule has 2 N–H and O–H groups in total. The highest BCUT2D eigenvalue weighted by molar-refractivity contribution is 5.43. The van der Waals surface area contributed by atoms with E-state index in [0.717, 1.165) is 11.1 Å². The van der Waals surface area contributed by atoms with Crippen LogP contribution in [0.4, 0.5) is 0 Å². The van der Waals surface area contributed by atoms with Gasteiger partial charge >= 0.3 is 0 Å². The van der Waals surface area contributed by atoms with Gasteiger partial charge < -0.3 is 15.2 Å². The van der Waals surface area contributed by atoms with Crippen LogP contribution in [0.3, 0.4) is 0 Å². The van der Waals surface area contributed by atoms with Gasteiger partial charge in [0.05, 0.1) is 27.0 Å². The first kappa shape index (κ1) is 15.1. The maximum absolute atomic E-state index is 11.8. The number of ether oxygens (including phenoxy) is 2. The Labute approximate surface area is 123 Å². The average Bonchev–Trinajstić information content (AvgIpc) is 2.49. The van der Waals surface area contributed by atoms with Gasteiger partial charge in [0.15, 0.2) is 11.5 Å². The molecule has 1 aromatic heterocycles. The number of nitrogens with two attached hydrogens (primary N) is 1. The Morgan fingerprint density at radius 1 is 1.24 bits per heavy atom. The topological polar surface area (TPSA) is 79.4 Å². The second-order valence-corrected chi connectivity index (χ2v) is 4.77. The molecule has 0 radical (unpaired) electrons. The monoisotopic (exact) mass is 289 g/mol. The highest BCUT2D eigenvalue weighted by Crippen LogP contribution is 2.29. The van der Waals surface area contributed by atoms with Crippen LogP contribution < -0.4 is 20.8 Å². The SMILES string of the molecule is COc1ccc(C(N)Cn2ncc(C)cc2=O)cc1OC. The minimum atomic E-state index is -0.363. The van der Waals surface area contributed by atoms with Crippen LogP contribution in [-0.4, -0.2) is 24.0 Å². The Bertz CT molecular complexity index is 682. The lowest BCUT2D eigenvalue weighted by Crippen LogP contribution is -2.28. The molecule has 6 heteroatoms. The molecule has 0 fully saturated rings. The van der Waals surface area contributed by atoms with Crippen molar-refractivity contribution in [1.29, 1.82) is 0 Å². The first-order valence-electron chi connectivity index (χ1n) is 6.56. The van der Waals surface area contributed by atoms with Crippen LogP contribution in [0, 0.1) is 6.92 Å². The first-order valence-corrected chi connectivity index (χ1v) is 6.56. The van der Waals surface area contributed by atoms with Gasteiger partial charge in [0.1, 0.15) is 0 Å². The van der Waals surface area contributed by atoms with Crippen molar-refractivity contribution in [1.82, 2.24) is 9.78 Å². The lowest BCUT2D eigenvalue weighted by atomic mass is 10.1. The number of hydrogen-bond acceptors (Lipinski definition) is 5. The van der Waals surface area contributed by atoms with Crippen molar-refractivity contribution in [3.05, 3.63) is 51.9 Å². The maximum Gasteiger partial charge on any atom is 0.267 e. The fourth-order valence-corrected chi connectivity index (χ4v) is 2.04. The van der Waals surface area contributed by atoms with E-state index in [-0.39, 0.29) is 11.6 Å². The summed E-state index contributed by atoms with van der Waals surface area (Å²) in [5, 5.41) is 4.09. The zero-order chi connectivity index (χ0) is 15.4. The van der Waals surface area contributed by atoms with Gasteiger partial charge in [-0.15, -0.1) is 0 Å². The molecule has 0 amide bonds. The number of benzene rings is 1. The van der Waals surface area contributed by atoms with Crippen molar-refractivity contribution in [2.75, 3.05) is 14.2 Å². The fourth-order valence-electron chi connectivity index (χ4n) is 2.04. The number of aryl methyl sites for hydroxylation is 1. The predicted octanol–water partition coefficient (Wildman–Crippen LogP) is 1.27. The van der Waals surface area contributed by atoms with E-state index in [2.05, 4.69) is 5.10 Å². The van der Waals surface area contributed by atoms with E-state index in [4.69, 9.17) is 15.2 Å². The second kappa shape index (κ2) is 6.41. The molecule has 1 aromatic carbocycles. The van der Waals surface area contributed by atoms with E-state index < -0.39 is 0 Å². The standard InChI is InChI=1S/C15H19N3O3/c1-10-6-15(19)18(17-8-10)9-12(16)11-4-5-13(20-2)14(7-11)21-3/h4-8,12H,9,16H2,1-3H3. The minimum absolute atomic E-state index is 0.161. The number of rotatable bonds is 5. The van der Waals surface area contributed by atoms with Crippen molar-refractivity contribution in [3.8, 4) is 11.5 Å². The Hall–Kier alpha value is -2.34. The molecule has 0 bridgehead atoms. The summed E-state index contributed by atoms with van der Waals surface area (Å²) in [5.74, 6) is 1.24. The minimum Gasteiger partial charge on any atom is -0.493 e. The van der Waals surface area contributed by atoms with Crippen LogP contribution in [0.25, 0.3) is 0 Å². The zero-order valence-electron chi connectivity index (χ0n) is 12.4. The van der Waals surface area contributed by atoms with Crippen LogP contribution in [-0.2, 0) is 6.54 Å². The van der Waals surface area contributed by atoms with Gasteiger partial charge in [0.2, 0.25) is 0 Å².